The quantitative estimate of drug-likeness (QED) is 0.909. The topological polar surface area (TPSA) is 58.9 Å². The van der Waals surface area contributed by atoms with Gasteiger partial charge in [0.05, 0.1) is 17.9 Å². The summed E-state index contributed by atoms with van der Waals surface area (Å²) < 4.78 is 2.07. The molecule has 0 radical (unpaired) electrons. The Morgan fingerprint density at radius 3 is 3.10 bits per heavy atom. The van der Waals surface area contributed by atoms with Crippen molar-refractivity contribution in [2.24, 2.45) is 0 Å². The fraction of sp³-hybridized carbons (Fsp3) is 0.533. The predicted molar refractivity (Wildman–Crippen MR) is 81.8 cm³/mol. The Morgan fingerprint density at radius 2 is 2.29 bits per heavy atom. The Morgan fingerprint density at radius 1 is 1.33 bits per heavy atom. The molecule has 1 aliphatic rings. The maximum absolute atomic E-state index is 4.35. The molecule has 0 amide bonds. The lowest BCUT2D eigenvalue weighted by Gasteiger charge is -2.18. The molecule has 6 nitrogen and oxygen atoms in total. The number of hydrogen-bond donors (Lipinski definition) is 1. The van der Waals surface area contributed by atoms with Gasteiger partial charge in [-0.15, -0.1) is 5.10 Å². The first-order valence-electron chi connectivity index (χ1n) is 7.64. The van der Waals surface area contributed by atoms with E-state index in [0.717, 1.165) is 44.0 Å². The molecule has 3 heterocycles. The van der Waals surface area contributed by atoms with E-state index in [1.807, 2.05) is 18.3 Å². The predicted octanol–water partition coefficient (Wildman–Crippen LogP) is 1.90. The largest absolute Gasteiger partial charge is 0.378 e. The summed E-state index contributed by atoms with van der Waals surface area (Å²) in [6, 6.07) is 3.94. The molecule has 2 aromatic heterocycles. The number of nitrogens with one attached hydrogen (secondary N) is 1. The molecule has 0 saturated heterocycles. The molecule has 0 fully saturated rings. The van der Waals surface area contributed by atoms with Crippen molar-refractivity contribution in [2.75, 3.05) is 18.4 Å². The molecule has 0 atom stereocenters. The van der Waals surface area contributed by atoms with Crippen molar-refractivity contribution in [1.29, 1.82) is 0 Å². The second kappa shape index (κ2) is 6.67. The van der Waals surface area contributed by atoms with E-state index >= 15 is 0 Å². The number of anilines is 1. The maximum Gasteiger partial charge on any atom is 0.106 e. The zero-order valence-electron chi connectivity index (χ0n) is 12.5. The molecule has 0 unspecified atom stereocenters. The van der Waals surface area contributed by atoms with Crippen molar-refractivity contribution in [1.82, 2.24) is 24.9 Å². The standard InChI is InChI=1S/C15H22N6/c1-2-7-20-8-4-9-21-15(12-20)14(18-19-21)11-17-13-5-3-6-16-10-13/h3,5-6,10,17H,2,4,7-9,11-12H2,1H3. The number of nitrogens with zero attached hydrogens (tertiary/aromatic N) is 5. The van der Waals surface area contributed by atoms with Crippen LogP contribution in [0.1, 0.15) is 31.2 Å². The summed E-state index contributed by atoms with van der Waals surface area (Å²) in [5.74, 6) is 0. The molecule has 0 spiro atoms. The molecule has 1 N–H and O–H groups in total. The third-order valence-corrected chi connectivity index (χ3v) is 3.80. The lowest BCUT2D eigenvalue weighted by atomic mass is 10.2. The van der Waals surface area contributed by atoms with Gasteiger partial charge >= 0.3 is 0 Å². The van der Waals surface area contributed by atoms with E-state index in [9.17, 15) is 0 Å². The van der Waals surface area contributed by atoms with E-state index in [1.54, 1.807) is 6.20 Å². The van der Waals surface area contributed by atoms with Crippen LogP contribution in [0.25, 0.3) is 0 Å². The van der Waals surface area contributed by atoms with Crippen LogP contribution in [-0.2, 0) is 19.6 Å². The molecular formula is C15H22N6. The van der Waals surface area contributed by atoms with Crippen LogP contribution in [0.5, 0.6) is 0 Å². The van der Waals surface area contributed by atoms with Crippen LogP contribution >= 0.6 is 0 Å². The van der Waals surface area contributed by atoms with Gasteiger partial charge in [0.25, 0.3) is 0 Å². The normalized spacial score (nSPS) is 15.5. The lowest BCUT2D eigenvalue weighted by Crippen LogP contribution is -2.24. The van der Waals surface area contributed by atoms with Crippen LogP contribution in [0.4, 0.5) is 5.69 Å². The van der Waals surface area contributed by atoms with Crippen LogP contribution in [0.3, 0.4) is 0 Å². The van der Waals surface area contributed by atoms with Gasteiger partial charge in [-0.3, -0.25) is 9.88 Å². The number of aromatic nitrogens is 4. The number of rotatable bonds is 5. The average Bonchev–Trinajstić information content (AvgIpc) is 2.77. The second-order valence-corrected chi connectivity index (χ2v) is 5.43. The molecule has 21 heavy (non-hydrogen) atoms. The highest BCUT2D eigenvalue weighted by Crippen LogP contribution is 2.16. The first kappa shape index (κ1) is 14.0. The minimum Gasteiger partial charge on any atom is -0.378 e. The fourth-order valence-electron chi connectivity index (χ4n) is 2.75. The number of hydrogen-bond acceptors (Lipinski definition) is 5. The van der Waals surface area contributed by atoms with Crippen molar-refractivity contribution < 1.29 is 0 Å². The Hall–Kier alpha value is -1.95. The zero-order valence-corrected chi connectivity index (χ0v) is 12.5. The van der Waals surface area contributed by atoms with Gasteiger partial charge in [-0.25, -0.2) is 4.68 Å². The average molecular weight is 286 g/mol. The molecule has 0 aliphatic carbocycles. The summed E-state index contributed by atoms with van der Waals surface area (Å²) in [6.45, 7) is 7.12. The summed E-state index contributed by atoms with van der Waals surface area (Å²) in [5, 5.41) is 12.0. The third-order valence-electron chi connectivity index (χ3n) is 3.80. The summed E-state index contributed by atoms with van der Waals surface area (Å²) in [7, 11) is 0. The van der Waals surface area contributed by atoms with Crippen molar-refractivity contribution in [2.45, 2.75) is 39.4 Å². The maximum atomic E-state index is 4.35. The van der Waals surface area contributed by atoms with Crippen LogP contribution in [0.2, 0.25) is 0 Å². The molecule has 2 aromatic rings. The molecule has 3 rings (SSSR count). The van der Waals surface area contributed by atoms with Gasteiger partial charge in [-0.1, -0.05) is 12.1 Å². The van der Waals surface area contributed by atoms with Crippen LogP contribution in [0.15, 0.2) is 24.5 Å². The van der Waals surface area contributed by atoms with Gasteiger partial charge in [0.1, 0.15) is 5.69 Å². The zero-order chi connectivity index (χ0) is 14.5. The van der Waals surface area contributed by atoms with E-state index in [-0.39, 0.29) is 0 Å². The second-order valence-electron chi connectivity index (χ2n) is 5.43. The highest BCUT2D eigenvalue weighted by Gasteiger charge is 2.19. The van der Waals surface area contributed by atoms with Crippen LogP contribution in [-0.4, -0.2) is 38.0 Å². The van der Waals surface area contributed by atoms with Crippen molar-refractivity contribution in [3.05, 3.63) is 35.9 Å². The molecular weight excluding hydrogens is 264 g/mol. The number of aryl methyl sites for hydroxylation is 1. The van der Waals surface area contributed by atoms with E-state index in [4.69, 9.17) is 0 Å². The third kappa shape index (κ3) is 3.39. The SMILES string of the molecule is CCCN1CCCn2nnc(CNc3cccnc3)c2C1. The van der Waals surface area contributed by atoms with Crippen LogP contribution < -0.4 is 5.32 Å². The summed E-state index contributed by atoms with van der Waals surface area (Å²) in [4.78, 5) is 6.61. The molecule has 0 saturated carbocycles. The highest BCUT2D eigenvalue weighted by atomic mass is 15.4. The minimum atomic E-state index is 0.695. The first-order valence-corrected chi connectivity index (χ1v) is 7.64. The number of pyridine rings is 1. The Labute approximate surface area is 125 Å². The number of fused-ring (bicyclic) bond motifs is 1. The van der Waals surface area contributed by atoms with E-state index in [1.165, 1.54) is 12.1 Å². The molecule has 0 bridgehead atoms. The van der Waals surface area contributed by atoms with E-state index < -0.39 is 0 Å². The van der Waals surface area contributed by atoms with E-state index in [2.05, 4.69) is 37.1 Å². The van der Waals surface area contributed by atoms with Crippen molar-refractivity contribution >= 4 is 5.69 Å². The van der Waals surface area contributed by atoms with Gasteiger partial charge in [-0.2, -0.15) is 0 Å². The highest BCUT2D eigenvalue weighted by molar-refractivity contribution is 5.40. The first-order chi connectivity index (χ1) is 10.4. The van der Waals surface area contributed by atoms with Gasteiger partial charge < -0.3 is 5.32 Å². The smallest absolute Gasteiger partial charge is 0.106 e. The van der Waals surface area contributed by atoms with Crippen molar-refractivity contribution in [3.8, 4) is 0 Å². The Balaban J connectivity index is 1.71. The van der Waals surface area contributed by atoms with Gasteiger partial charge in [0.2, 0.25) is 0 Å². The molecule has 1 aliphatic heterocycles. The molecule has 6 heteroatoms. The van der Waals surface area contributed by atoms with Gasteiger partial charge in [0.15, 0.2) is 0 Å². The fourth-order valence-corrected chi connectivity index (χ4v) is 2.75. The Kier molecular flexibility index (Phi) is 4.45. The lowest BCUT2D eigenvalue weighted by molar-refractivity contribution is 0.269. The molecule has 112 valence electrons. The minimum absolute atomic E-state index is 0.695. The van der Waals surface area contributed by atoms with Gasteiger partial charge in [0, 0.05) is 32.0 Å². The summed E-state index contributed by atoms with van der Waals surface area (Å²) in [5.41, 5.74) is 3.30. The van der Waals surface area contributed by atoms with E-state index in [0.29, 0.717) is 6.54 Å². The van der Waals surface area contributed by atoms with Crippen LogP contribution in [0, 0.1) is 0 Å². The molecule has 0 aromatic carbocycles. The van der Waals surface area contributed by atoms with Gasteiger partial charge in [-0.05, 0) is 31.5 Å². The monoisotopic (exact) mass is 286 g/mol. The summed E-state index contributed by atoms with van der Waals surface area (Å²) >= 11 is 0. The summed E-state index contributed by atoms with van der Waals surface area (Å²) in [6.07, 6.45) is 5.93. The Bertz CT molecular complexity index is 565. The van der Waals surface area contributed by atoms with Crippen molar-refractivity contribution in [3.63, 3.8) is 0 Å².